The molecule has 0 saturated carbocycles. The number of β-lactam (4-membered cyclic amide) rings is 2. The number of carboxylic acids is 1. The molecule has 288 valence electrons. The van der Waals surface area contributed by atoms with Crippen LogP contribution >= 0.6 is 46.7 Å². The van der Waals surface area contributed by atoms with Gasteiger partial charge in [-0.1, -0.05) is 60.6 Å². The number of halogens is 2. The van der Waals surface area contributed by atoms with Gasteiger partial charge in [-0.3, -0.25) is 33.6 Å². The monoisotopic (exact) mass is 814 g/mol. The summed E-state index contributed by atoms with van der Waals surface area (Å²) in [7, 11) is 0. The van der Waals surface area contributed by atoms with Gasteiger partial charge in [0.15, 0.2) is 10.2 Å². The highest BCUT2D eigenvalue weighted by Crippen LogP contribution is 2.39. The molecular formula is C35H40Cl2N2O12S2. The van der Waals surface area contributed by atoms with Crippen molar-refractivity contribution in [1.82, 2.24) is 9.80 Å². The number of aliphatic carboxylic acids is 1. The van der Waals surface area contributed by atoms with Gasteiger partial charge in [-0.05, 0) is 62.4 Å². The van der Waals surface area contributed by atoms with Crippen molar-refractivity contribution in [2.75, 3.05) is 19.9 Å². The van der Waals surface area contributed by atoms with Crippen molar-refractivity contribution in [3.8, 4) is 0 Å². The number of benzene rings is 2. The molecule has 8 atom stereocenters. The van der Waals surface area contributed by atoms with Crippen LogP contribution in [-0.2, 0) is 43.0 Å². The molecule has 2 amide bonds. The third-order valence-electron chi connectivity index (χ3n) is 8.55. The Morgan fingerprint density at radius 3 is 1.42 bits per heavy atom. The maximum absolute atomic E-state index is 12.7. The molecule has 3 N–H and O–H groups in total. The first kappa shape index (κ1) is 43.7. The number of likely N-dealkylation sites (tertiary alicyclic amines) is 2. The molecule has 18 heteroatoms. The number of esters is 2. The molecule has 2 aliphatic heterocycles. The third kappa shape index (κ3) is 11.7. The first-order chi connectivity index (χ1) is 24.8. The Morgan fingerprint density at radius 1 is 0.698 bits per heavy atom. The van der Waals surface area contributed by atoms with E-state index in [4.69, 9.17) is 33.0 Å². The van der Waals surface area contributed by atoms with E-state index in [1.54, 1.807) is 62.4 Å². The summed E-state index contributed by atoms with van der Waals surface area (Å²) in [6, 6.07) is 12.2. The fraction of sp³-hybridized carbons (Fsp3) is 0.457. The Labute approximate surface area is 324 Å². The van der Waals surface area contributed by atoms with Gasteiger partial charge in [0.2, 0.25) is 18.6 Å². The lowest BCUT2D eigenvalue weighted by Crippen LogP contribution is -2.68. The molecule has 4 rings (SSSR count). The summed E-state index contributed by atoms with van der Waals surface area (Å²) >= 11 is 13.7. The van der Waals surface area contributed by atoms with Crippen LogP contribution < -0.4 is 0 Å². The van der Waals surface area contributed by atoms with Crippen molar-refractivity contribution in [1.29, 1.82) is 0 Å². The smallest absolute Gasteiger partial charge is 0.328 e. The average Bonchev–Trinajstić information content (AvgIpc) is 3.08. The molecule has 2 heterocycles. The number of carbonyl (C=O) groups is 7. The van der Waals surface area contributed by atoms with Crippen LogP contribution in [0.4, 0.5) is 0 Å². The average molecular weight is 816 g/mol. The number of hydrogen-bond donors (Lipinski definition) is 3. The Morgan fingerprint density at radius 2 is 1.08 bits per heavy atom. The molecule has 2 fully saturated rings. The molecule has 2 aliphatic rings. The van der Waals surface area contributed by atoms with Gasteiger partial charge < -0.3 is 34.6 Å². The van der Waals surface area contributed by atoms with Gasteiger partial charge in [0.25, 0.3) is 0 Å². The Hall–Kier alpha value is -3.67. The van der Waals surface area contributed by atoms with Gasteiger partial charge in [0.1, 0.15) is 13.1 Å². The number of ether oxygens (including phenoxy) is 2. The highest BCUT2D eigenvalue weighted by atomic mass is 35.5. The van der Waals surface area contributed by atoms with Crippen LogP contribution in [0.15, 0.2) is 58.3 Å². The van der Waals surface area contributed by atoms with Crippen LogP contribution in [0.3, 0.4) is 0 Å². The number of carbonyl (C=O) groups excluding carboxylic acids is 6. The van der Waals surface area contributed by atoms with Crippen LogP contribution in [0.5, 0.6) is 0 Å². The molecule has 0 aromatic heterocycles. The van der Waals surface area contributed by atoms with Crippen molar-refractivity contribution >= 4 is 86.7 Å². The molecule has 0 radical (unpaired) electrons. The van der Waals surface area contributed by atoms with E-state index < -0.39 is 97.6 Å². The van der Waals surface area contributed by atoms with Crippen LogP contribution in [0, 0.1) is 23.7 Å². The SMILES string of the molecule is CC(=O)OCOC(=O)CN1C(=O)[C@H]([C@@H](C)O)[C@H]1[C@@H](C)C(=O)Sc1ccc(Cl)cc1.C[C@@H](O)[C@H]1C(=O)N(CC(=O)O)[C@@H]1[C@@H](C)C(=O)Sc1ccc(Cl)cc1. The number of thioether (sulfide) groups is 2. The van der Waals surface area contributed by atoms with Crippen molar-refractivity contribution in [3.05, 3.63) is 58.6 Å². The van der Waals surface area contributed by atoms with E-state index in [9.17, 15) is 43.8 Å². The van der Waals surface area contributed by atoms with Crippen LogP contribution in [-0.4, -0.2) is 109 Å². The summed E-state index contributed by atoms with van der Waals surface area (Å²) in [4.78, 5) is 87.0. The van der Waals surface area contributed by atoms with Crippen molar-refractivity contribution in [3.63, 3.8) is 0 Å². The molecule has 0 aliphatic carbocycles. The number of carboxylic acid groups (broad SMARTS) is 1. The zero-order valence-corrected chi connectivity index (χ0v) is 32.5. The topological polar surface area (TPSA) is 205 Å². The van der Waals surface area contributed by atoms with Gasteiger partial charge in [-0.15, -0.1) is 0 Å². The highest BCUT2D eigenvalue weighted by molar-refractivity contribution is 8.14. The molecular weight excluding hydrogens is 775 g/mol. The summed E-state index contributed by atoms with van der Waals surface area (Å²) in [5.74, 6) is -6.21. The van der Waals surface area contributed by atoms with E-state index in [0.717, 1.165) is 28.4 Å². The molecule has 53 heavy (non-hydrogen) atoms. The number of amides is 2. The fourth-order valence-electron chi connectivity index (χ4n) is 5.92. The molecule has 2 aromatic carbocycles. The second-order valence-corrected chi connectivity index (χ2v) is 15.5. The maximum atomic E-state index is 12.7. The molecule has 2 saturated heterocycles. The molecule has 0 unspecified atom stereocenters. The normalized spacial score (nSPS) is 21.5. The predicted octanol–water partition coefficient (Wildman–Crippen LogP) is 3.75. The van der Waals surface area contributed by atoms with E-state index in [0.29, 0.717) is 19.8 Å². The minimum Gasteiger partial charge on any atom is -0.480 e. The summed E-state index contributed by atoms with van der Waals surface area (Å²) in [5, 5.41) is 29.4. The second-order valence-electron chi connectivity index (χ2n) is 12.4. The van der Waals surface area contributed by atoms with E-state index in [-0.39, 0.29) is 10.2 Å². The van der Waals surface area contributed by atoms with Gasteiger partial charge in [0.05, 0.1) is 36.1 Å². The Bertz CT molecular complexity index is 1680. The first-order valence-electron chi connectivity index (χ1n) is 16.3. The number of hydrogen-bond acceptors (Lipinski definition) is 13. The third-order valence-corrected chi connectivity index (χ3v) is 11.2. The van der Waals surface area contributed by atoms with E-state index in [2.05, 4.69) is 4.74 Å². The van der Waals surface area contributed by atoms with Crippen LogP contribution in [0.25, 0.3) is 0 Å². The van der Waals surface area contributed by atoms with Crippen molar-refractivity contribution < 1.29 is 58.4 Å². The predicted molar refractivity (Wildman–Crippen MR) is 195 cm³/mol. The Balaban J connectivity index is 0.000000290. The zero-order valence-electron chi connectivity index (χ0n) is 29.3. The second kappa shape index (κ2) is 19.6. The molecule has 0 bridgehead atoms. The quantitative estimate of drug-likeness (QED) is 0.108. The number of aliphatic hydroxyl groups is 2. The first-order valence-corrected chi connectivity index (χ1v) is 18.6. The largest absolute Gasteiger partial charge is 0.480 e. The van der Waals surface area contributed by atoms with Crippen LogP contribution in [0.2, 0.25) is 10.0 Å². The standard InChI is InChI=1S/C19H22ClNO7S.C16H18ClNO5S/c1-10(19(26)29-14-6-4-13(20)5-7-14)17-16(11(2)22)18(25)21(17)8-15(24)28-9-27-12(3)23;1-8(16(23)24-11-5-3-10(17)4-6-11)14-13(9(2)19)15(22)18(14)7-12(20)21/h4-7,10-11,16-17,22H,8-9H2,1-3H3;3-6,8-9,13-14,19H,7H2,1-2H3,(H,20,21)/t10-,11-,16-,17-;8-,9-,13-,14-/m11/s1. The van der Waals surface area contributed by atoms with Gasteiger partial charge in [-0.25, -0.2) is 0 Å². The van der Waals surface area contributed by atoms with E-state index in [1.807, 2.05) is 0 Å². The molecule has 14 nitrogen and oxygen atoms in total. The maximum Gasteiger partial charge on any atom is 0.328 e. The Kier molecular flexibility index (Phi) is 16.2. The highest BCUT2D eigenvalue weighted by Gasteiger charge is 2.55. The lowest BCUT2D eigenvalue weighted by molar-refractivity contribution is -0.180. The zero-order chi connectivity index (χ0) is 39.7. The van der Waals surface area contributed by atoms with Crippen molar-refractivity contribution in [2.24, 2.45) is 23.7 Å². The van der Waals surface area contributed by atoms with Gasteiger partial charge in [0, 0.05) is 38.6 Å². The van der Waals surface area contributed by atoms with Gasteiger partial charge >= 0.3 is 17.9 Å². The molecule has 2 aromatic rings. The van der Waals surface area contributed by atoms with E-state index in [1.165, 1.54) is 25.7 Å². The summed E-state index contributed by atoms with van der Waals surface area (Å²) in [5.41, 5.74) is 0. The number of nitrogens with zero attached hydrogens (tertiary/aromatic N) is 2. The number of aliphatic hydroxyl groups excluding tert-OH is 2. The van der Waals surface area contributed by atoms with Crippen molar-refractivity contribution in [2.45, 2.75) is 68.7 Å². The summed E-state index contributed by atoms with van der Waals surface area (Å²) in [6.07, 6.45) is -1.92. The fourth-order valence-corrected chi connectivity index (χ4v) is 7.83. The lowest BCUT2D eigenvalue weighted by atomic mass is 9.77. The summed E-state index contributed by atoms with van der Waals surface area (Å²) in [6.45, 7) is 5.96. The number of rotatable bonds is 14. The van der Waals surface area contributed by atoms with Crippen LogP contribution in [0.1, 0.15) is 34.6 Å². The lowest BCUT2D eigenvalue weighted by Gasteiger charge is -2.50. The summed E-state index contributed by atoms with van der Waals surface area (Å²) < 4.78 is 9.28. The van der Waals surface area contributed by atoms with Gasteiger partial charge in [-0.2, -0.15) is 0 Å². The minimum atomic E-state index is -1.15. The van der Waals surface area contributed by atoms with E-state index >= 15 is 0 Å². The molecule has 0 spiro atoms. The minimum absolute atomic E-state index is 0.198.